The van der Waals surface area contributed by atoms with E-state index in [1.807, 2.05) is 7.11 Å². The van der Waals surface area contributed by atoms with Gasteiger partial charge >= 0.3 is 0 Å². The van der Waals surface area contributed by atoms with Crippen LogP contribution in [0.2, 0.25) is 0 Å². The third kappa shape index (κ3) is 2.51. The minimum Gasteiger partial charge on any atom is -0.384 e. The summed E-state index contributed by atoms with van der Waals surface area (Å²) in [6, 6.07) is 6.86. The zero-order chi connectivity index (χ0) is 14.2. The maximum atomic E-state index is 5.28. The molecule has 2 aliphatic rings. The number of hydrogen-bond acceptors (Lipinski definition) is 2. The van der Waals surface area contributed by atoms with Gasteiger partial charge in [0.15, 0.2) is 0 Å². The molecule has 0 aromatic heterocycles. The van der Waals surface area contributed by atoms with Gasteiger partial charge in [-0.25, -0.2) is 0 Å². The van der Waals surface area contributed by atoms with Gasteiger partial charge in [-0.15, -0.1) is 0 Å². The van der Waals surface area contributed by atoms with Crippen molar-refractivity contribution >= 4 is 0 Å². The molecular formula is C18H27NO. The first-order chi connectivity index (χ1) is 9.63. The Morgan fingerprint density at radius 2 is 2.10 bits per heavy atom. The predicted octanol–water partition coefficient (Wildman–Crippen LogP) is 3.35. The van der Waals surface area contributed by atoms with Crippen molar-refractivity contribution in [3.8, 4) is 0 Å². The fourth-order valence-corrected chi connectivity index (χ4v) is 4.15. The SMILES string of the molecule is COCC1CC2(CCN2CCc2ccc(C)cc2C)C1. The molecule has 1 heterocycles. The van der Waals surface area contributed by atoms with Gasteiger partial charge in [0.05, 0.1) is 0 Å². The van der Waals surface area contributed by atoms with Crippen LogP contribution in [0.5, 0.6) is 0 Å². The molecule has 3 rings (SSSR count). The summed E-state index contributed by atoms with van der Waals surface area (Å²) in [6.45, 7) is 7.89. The summed E-state index contributed by atoms with van der Waals surface area (Å²) in [5.74, 6) is 0.809. The van der Waals surface area contributed by atoms with Crippen LogP contribution < -0.4 is 0 Å². The summed E-state index contributed by atoms with van der Waals surface area (Å²) < 4.78 is 5.28. The topological polar surface area (TPSA) is 12.5 Å². The van der Waals surface area contributed by atoms with Crippen LogP contribution in [0, 0.1) is 19.8 Å². The van der Waals surface area contributed by atoms with Gasteiger partial charge in [0.2, 0.25) is 0 Å². The average Bonchev–Trinajstić information content (AvgIpc) is 2.34. The molecule has 2 fully saturated rings. The molecule has 2 nitrogen and oxygen atoms in total. The van der Waals surface area contributed by atoms with Crippen LogP contribution in [0.3, 0.4) is 0 Å². The molecule has 2 heteroatoms. The van der Waals surface area contributed by atoms with Crippen LogP contribution in [-0.2, 0) is 11.2 Å². The highest BCUT2D eigenvalue weighted by atomic mass is 16.5. The summed E-state index contributed by atoms with van der Waals surface area (Å²) in [5, 5.41) is 0. The van der Waals surface area contributed by atoms with E-state index in [9.17, 15) is 0 Å². The summed E-state index contributed by atoms with van der Waals surface area (Å²) >= 11 is 0. The number of likely N-dealkylation sites (tertiary alicyclic amines) is 1. The standard InChI is InChI=1S/C18H27NO/c1-14-4-5-17(15(2)10-14)6-8-19-9-7-18(19)11-16(12-18)13-20-3/h4-5,10,16H,6-9,11-13H2,1-3H3. The molecule has 0 atom stereocenters. The van der Waals surface area contributed by atoms with E-state index in [1.54, 1.807) is 0 Å². The van der Waals surface area contributed by atoms with Crippen molar-refractivity contribution in [1.82, 2.24) is 4.90 Å². The maximum Gasteiger partial charge on any atom is 0.0491 e. The van der Waals surface area contributed by atoms with Crippen molar-refractivity contribution in [1.29, 1.82) is 0 Å². The van der Waals surface area contributed by atoms with Gasteiger partial charge < -0.3 is 4.74 Å². The third-order valence-corrected chi connectivity index (χ3v) is 5.41. The van der Waals surface area contributed by atoms with Crippen molar-refractivity contribution in [2.45, 2.75) is 45.1 Å². The lowest BCUT2D eigenvalue weighted by Crippen LogP contribution is -2.67. The highest BCUT2D eigenvalue weighted by Crippen LogP contribution is 2.50. The van der Waals surface area contributed by atoms with Crippen LogP contribution >= 0.6 is 0 Å². The lowest BCUT2D eigenvalue weighted by Gasteiger charge is -2.62. The smallest absolute Gasteiger partial charge is 0.0491 e. The second kappa shape index (κ2) is 5.50. The Hall–Kier alpha value is -0.860. The van der Waals surface area contributed by atoms with Crippen LogP contribution in [0.25, 0.3) is 0 Å². The summed E-state index contributed by atoms with van der Waals surface area (Å²) in [4.78, 5) is 2.72. The quantitative estimate of drug-likeness (QED) is 0.816. The molecule has 1 spiro atoms. The van der Waals surface area contributed by atoms with Gasteiger partial charge in [0.1, 0.15) is 0 Å². The molecule has 0 amide bonds. The van der Waals surface area contributed by atoms with Gasteiger partial charge in [0.25, 0.3) is 0 Å². The molecule has 0 radical (unpaired) electrons. The fourth-order valence-electron chi connectivity index (χ4n) is 4.15. The zero-order valence-electron chi connectivity index (χ0n) is 13.1. The summed E-state index contributed by atoms with van der Waals surface area (Å²) in [5.41, 5.74) is 4.89. The molecule has 1 saturated carbocycles. The van der Waals surface area contributed by atoms with E-state index in [0.29, 0.717) is 5.54 Å². The van der Waals surface area contributed by atoms with E-state index in [4.69, 9.17) is 4.74 Å². The fraction of sp³-hybridized carbons (Fsp3) is 0.667. The lowest BCUT2D eigenvalue weighted by molar-refractivity contribution is -0.117. The van der Waals surface area contributed by atoms with E-state index in [2.05, 4.69) is 36.9 Å². The molecule has 0 N–H and O–H groups in total. The van der Waals surface area contributed by atoms with Gasteiger partial charge in [-0.2, -0.15) is 0 Å². The van der Waals surface area contributed by atoms with Crippen molar-refractivity contribution < 1.29 is 4.74 Å². The normalized spacial score (nSPS) is 29.2. The number of rotatable bonds is 5. The van der Waals surface area contributed by atoms with Gasteiger partial charge in [-0.05, 0) is 56.6 Å². The first-order valence-electron chi connectivity index (χ1n) is 7.93. The van der Waals surface area contributed by atoms with Gasteiger partial charge in [-0.1, -0.05) is 23.8 Å². The number of hydrogen-bond donors (Lipinski definition) is 0. The minimum atomic E-state index is 0.557. The largest absolute Gasteiger partial charge is 0.384 e. The van der Waals surface area contributed by atoms with Crippen LogP contribution in [0.15, 0.2) is 18.2 Å². The lowest BCUT2D eigenvalue weighted by atomic mass is 9.61. The first kappa shape index (κ1) is 14.1. The van der Waals surface area contributed by atoms with E-state index in [0.717, 1.165) is 12.5 Å². The molecule has 1 aliphatic carbocycles. The molecule has 0 unspecified atom stereocenters. The van der Waals surface area contributed by atoms with Crippen molar-refractivity contribution in [3.05, 3.63) is 34.9 Å². The Morgan fingerprint density at radius 1 is 1.30 bits per heavy atom. The number of methoxy groups -OCH3 is 1. The highest BCUT2D eigenvalue weighted by molar-refractivity contribution is 5.30. The predicted molar refractivity (Wildman–Crippen MR) is 83.1 cm³/mol. The van der Waals surface area contributed by atoms with E-state index in [1.165, 1.54) is 55.5 Å². The minimum absolute atomic E-state index is 0.557. The maximum absolute atomic E-state index is 5.28. The molecular weight excluding hydrogens is 246 g/mol. The Morgan fingerprint density at radius 3 is 2.70 bits per heavy atom. The summed E-state index contributed by atoms with van der Waals surface area (Å²) in [7, 11) is 1.82. The van der Waals surface area contributed by atoms with Crippen LogP contribution in [-0.4, -0.2) is 37.2 Å². The van der Waals surface area contributed by atoms with E-state index >= 15 is 0 Å². The van der Waals surface area contributed by atoms with Gasteiger partial charge in [-0.3, -0.25) is 4.90 Å². The number of aryl methyl sites for hydroxylation is 2. The second-order valence-electron chi connectivity index (χ2n) is 6.87. The molecule has 0 bridgehead atoms. The monoisotopic (exact) mass is 273 g/mol. The molecule has 1 saturated heterocycles. The van der Waals surface area contributed by atoms with E-state index in [-0.39, 0.29) is 0 Å². The molecule has 110 valence electrons. The van der Waals surface area contributed by atoms with Crippen molar-refractivity contribution in [2.24, 2.45) is 5.92 Å². The Kier molecular flexibility index (Phi) is 3.87. The molecule has 1 aromatic carbocycles. The third-order valence-electron chi connectivity index (χ3n) is 5.41. The molecule has 1 aromatic rings. The average molecular weight is 273 g/mol. The highest BCUT2D eigenvalue weighted by Gasteiger charge is 2.53. The summed E-state index contributed by atoms with van der Waals surface area (Å²) in [6.07, 6.45) is 5.31. The zero-order valence-corrected chi connectivity index (χ0v) is 13.1. The Balaban J connectivity index is 1.52. The van der Waals surface area contributed by atoms with Crippen LogP contribution in [0.1, 0.15) is 36.0 Å². The Labute approximate surface area is 123 Å². The van der Waals surface area contributed by atoms with Gasteiger partial charge in [0, 0.05) is 32.3 Å². The van der Waals surface area contributed by atoms with E-state index < -0.39 is 0 Å². The van der Waals surface area contributed by atoms with Crippen molar-refractivity contribution in [3.63, 3.8) is 0 Å². The molecule has 20 heavy (non-hydrogen) atoms. The number of benzene rings is 1. The number of nitrogens with zero attached hydrogens (tertiary/aromatic N) is 1. The number of ether oxygens (including phenoxy) is 1. The Bertz CT molecular complexity index is 476. The first-order valence-corrected chi connectivity index (χ1v) is 7.93. The van der Waals surface area contributed by atoms with Crippen molar-refractivity contribution in [2.75, 3.05) is 26.8 Å². The van der Waals surface area contributed by atoms with Crippen LogP contribution in [0.4, 0.5) is 0 Å². The second-order valence-corrected chi connectivity index (χ2v) is 6.87. The molecule has 1 aliphatic heterocycles.